The van der Waals surface area contributed by atoms with Crippen LogP contribution in [-0.4, -0.2) is 42.9 Å². The molecule has 3 heterocycles. The first-order chi connectivity index (χ1) is 14.6. The average molecular weight is 420 g/mol. The Labute approximate surface area is 180 Å². The van der Waals surface area contributed by atoms with Gasteiger partial charge in [-0.05, 0) is 30.2 Å². The number of carbonyl (C=O) groups is 2. The highest BCUT2D eigenvalue weighted by molar-refractivity contribution is 7.17. The maximum Gasteiger partial charge on any atom is 0.255 e. The molecule has 2 N–H and O–H groups in total. The monoisotopic (exact) mass is 419 g/mol. The van der Waals surface area contributed by atoms with Crippen LogP contribution in [0.2, 0.25) is 0 Å². The minimum atomic E-state index is -0.265. The van der Waals surface area contributed by atoms with Gasteiger partial charge in [-0.3, -0.25) is 9.59 Å². The summed E-state index contributed by atoms with van der Waals surface area (Å²) in [6.07, 6.45) is 1.06. The summed E-state index contributed by atoms with van der Waals surface area (Å²) in [6, 6.07) is 16.5. The van der Waals surface area contributed by atoms with Gasteiger partial charge in [0.25, 0.3) is 5.91 Å². The Morgan fingerprint density at radius 3 is 2.53 bits per heavy atom. The average Bonchev–Trinajstić information content (AvgIpc) is 3.45. The number of hydrogen-bond donors (Lipinski definition) is 1. The molecule has 2 atom stereocenters. The van der Waals surface area contributed by atoms with Gasteiger partial charge < -0.3 is 15.5 Å². The molecule has 0 spiro atoms. The number of benzene rings is 2. The van der Waals surface area contributed by atoms with Crippen LogP contribution in [0.4, 0.5) is 5.69 Å². The van der Waals surface area contributed by atoms with E-state index in [1.807, 2.05) is 28.5 Å². The van der Waals surface area contributed by atoms with Crippen LogP contribution in [0, 0.1) is 11.8 Å². The molecule has 2 fully saturated rings. The molecule has 154 valence electrons. The Bertz CT molecular complexity index is 1090. The van der Waals surface area contributed by atoms with E-state index < -0.39 is 0 Å². The summed E-state index contributed by atoms with van der Waals surface area (Å²) in [6.45, 7) is 3.59. The molecule has 1 aromatic heterocycles. The Morgan fingerprint density at radius 1 is 1.00 bits per heavy atom. The number of primary amides is 1. The van der Waals surface area contributed by atoms with Gasteiger partial charge in [-0.25, -0.2) is 0 Å². The van der Waals surface area contributed by atoms with Gasteiger partial charge >= 0.3 is 0 Å². The minimum absolute atomic E-state index is 0.168. The van der Waals surface area contributed by atoms with Crippen LogP contribution in [-0.2, 0) is 11.2 Å². The molecule has 0 bridgehead atoms. The summed E-state index contributed by atoms with van der Waals surface area (Å²) in [5.41, 5.74) is 8.47. The maximum absolute atomic E-state index is 13.2. The third-order valence-electron chi connectivity index (χ3n) is 6.42. The van der Waals surface area contributed by atoms with E-state index >= 15 is 0 Å². The normalized spacial score (nSPS) is 20.7. The first kappa shape index (κ1) is 19.1. The van der Waals surface area contributed by atoms with Crippen molar-refractivity contribution in [3.05, 3.63) is 65.0 Å². The largest absolute Gasteiger partial charge is 0.371 e. The molecule has 0 aliphatic carbocycles. The lowest BCUT2D eigenvalue weighted by Crippen LogP contribution is -2.33. The second kappa shape index (κ2) is 7.76. The first-order valence-electron chi connectivity index (χ1n) is 10.5. The van der Waals surface area contributed by atoms with Gasteiger partial charge in [0.05, 0.1) is 5.56 Å². The number of anilines is 1. The number of carbonyl (C=O) groups excluding carboxylic acids is 2. The molecule has 5 rings (SSSR count). The van der Waals surface area contributed by atoms with Crippen molar-refractivity contribution >= 4 is 38.9 Å². The quantitative estimate of drug-likeness (QED) is 0.688. The molecule has 5 nitrogen and oxygen atoms in total. The van der Waals surface area contributed by atoms with Crippen molar-refractivity contribution in [3.8, 4) is 0 Å². The van der Waals surface area contributed by atoms with E-state index in [0.29, 0.717) is 24.7 Å². The third-order valence-corrected chi connectivity index (χ3v) is 7.38. The molecule has 2 unspecified atom stereocenters. The van der Waals surface area contributed by atoms with Crippen molar-refractivity contribution in [2.24, 2.45) is 17.6 Å². The van der Waals surface area contributed by atoms with Crippen molar-refractivity contribution in [1.82, 2.24) is 4.90 Å². The summed E-state index contributed by atoms with van der Waals surface area (Å²) in [7, 11) is 0. The highest BCUT2D eigenvalue weighted by atomic mass is 32.1. The number of aryl methyl sites for hydroxylation is 1. The van der Waals surface area contributed by atoms with E-state index in [9.17, 15) is 9.59 Å². The first-order valence-corrected chi connectivity index (χ1v) is 11.3. The Morgan fingerprint density at radius 2 is 1.77 bits per heavy atom. The molecule has 3 aromatic rings. The van der Waals surface area contributed by atoms with E-state index in [2.05, 4.69) is 35.2 Å². The molecule has 30 heavy (non-hydrogen) atoms. The Kier molecular flexibility index (Phi) is 4.95. The summed E-state index contributed by atoms with van der Waals surface area (Å²) < 4.78 is 1.17. The minimum Gasteiger partial charge on any atom is -0.371 e. The predicted octanol–water partition coefficient (Wildman–Crippen LogP) is 3.53. The maximum atomic E-state index is 13.2. The number of likely N-dealkylation sites (tertiary alicyclic amines) is 1. The summed E-state index contributed by atoms with van der Waals surface area (Å²) in [5, 5.41) is 3.07. The van der Waals surface area contributed by atoms with Gasteiger partial charge in [-0.1, -0.05) is 30.3 Å². The van der Waals surface area contributed by atoms with Crippen molar-refractivity contribution < 1.29 is 9.59 Å². The number of nitrogens with two attached hydrogens (primary N) is 1. The van der Waals surface area contributed by atoms with Gasteiger partial charge in [0.2, 0.25) is 5.91 Å². The lowest BCUT2D eigenvalue weighted by Gasteiger charge is -2.23. The van der Waals surface area contributed by atoms with E-state index in [1.165, 1.54) is 10.4 Å². The fraction of sp³-hybridized carbons (Fsp3) is 0.333. The zero-order chi connectivity index (χ0) is 20.7. The molecule has 2 aromatic carbocycles. The lowest BCUT2D eigenvalue weighted by molar-refractivity contribution is -0.117. The summed E-state index contributed by atoms with van der Waals surface area (Å²) >= 11 is 1.64. The fourth-order valence-electron chi connectivity index (χ4n) is 4.86. The van der Waals surface area contributed by atoms with E-state index in [0.717, 1.165) is 42.7 Å². The number of nitrogens with zero attached hydrogens (tertiary/aromatic N) is 2. The summed E-state index contributed by atoms with van der Waals surface area (Å²) in [5.74, 6) is 0.919. The molecule has 6 heteroatoms. The highest BCUT2D eigenvalue weighted by Crippen LogP contribution is 2.36. The Hall–Kier alpha value is -2.86. The predicted molar refractivity (Wildman–Crippen MR) is 121 cm³/mol. The second-order valence-electron chi connectivity index (χ2n) is 8.42. The van der Waals surface area contributed by atoms with Crippen molar-refractivity contribution in [1.29, 1.82) is 0 Å². The summed E-state index contributed by atoms with van der Waals surface area (Å²) in [4.78, 5) is 28.7. The molecular weight excluding hydrogens is 394 g/mol. The molecule has 0 saturated carbocycles. The molecule has 2 aliphatic rings. The van der Waals surface area contributed by atoms with Crippen LogP contribution in [0.5, 0.6) is 0 Å². The number of thiophene rings is 1. The van der Waals surface area contributed by atoms with Crippen LogP contribution in [0.25, 0.3) is 10.1 Å². The molecular formula is C24H25N3O2S. The van der Waals surface area contributed by atoms with Gasteiger partial charge in [0, 0.05) is 65.6 Å². The molecule has 0 radical (unpaired) electrons. The number of hydrogen-bond acceptors (Lipinski definition) is 4. The lowest BCUT2D eigenvalue weighted by atomic mass is 10.0. The van der Waals surface area contributed by atoms with Crippen LogP contribution < -0.4 is 10.6 Å². The van der Waals surface area contributed by atoms with Crippen LogP contribution >= 0.6 is 11.3 Å². The van der Waals surface area contributed by atoms with E-state index in [1.54, 1.807) is 11.3 Å². The van der Waals surface area contributed by atoms with Crippen molar-refractivity contribution in [2.45, 2.75) is 12.8 Å². The van der Waals surface area contributed by atoms with Gasteiger partial charge in [-0.15, -0.1) is 11.3 Å². The third kappa shape index (κ3) is 3.56. The molecule has 2 amide bonds. The number of fused-ring (bicyclic) bond motifs is 2. The standard InChI is InChI=1S/C24H25N3O2S/c25-23(28)9-8-16-4-3-5-19(10-16)26-11-17-13-27(14-18(17)12-26)24(29)21-15-30-22-7-2-1-6-20(21)22/h1-7,10,15,17-18H,8-9,11-14H2,(H2,25,28). The van der Waals surface area contributed by atoms with Gasteiger partial charge in [0.1, 0.15) is 0 Å². The smallest absolute Gasteiger partial charge is 0.255 e. The van der Waals surface area contributed by atoms with Crippen LogP contribution in [0.1, 0.15) is 22.3 Å². The fourth-order valence-corrected chi connectivity index (χ4v) is 5.79. The Balaban J connectivity index is 1.25. The van der Waals surface area contributed by atoms with Crippen LogP contribution in [0.15, 0.2) is 53.9 Å². The topological polar surface area (TPSA) is 66.6 Å². The second-order valence-corrected chi connectivity index (χ2v) is 9.33. The van der Waals surface area contributed by atoms with Crippen molar-refractivity contribution in [2.75, 3.05) is 31.1 Å². The molecule has 2 saturated heterocycles. The zero-order valence-electron chi connectivity index (χ0n) is 16.8. The van der Waals surface area contributed by atoms with E-state index in [-0.39, 0.29) is 11.8 Å². The van der Waals surface area contributed by atoms with Crippen molar-refractivity contribution in [3.63, 3.8) is 0 Å². The van der Waals surface area contributed by atoms with E-state index in [4.69, 9.17) is 5.73 Å². The van der Waals surface area contributed by atoms with Gasteiger partial charge in [0.15, 0.2) is 0 Å². The number of amides is 2. The van der Waals surface area contributed by atoms with Crippen LogP contribution in [0.3, 0.4) is 0 Å². The SMILES string of the molecule is NC(=O)CCc1cccc(N2CC3CN(C(=O)c4csc5ccccc45)CC3C2)c1. The molecule has 2 aliphatic heterocycles. The highest BCUT2D eigenvalue weighted by Gasteiger charge is 2.42. The zero-order valence-corrected chi connectivity index (χ0v) is 17.6. The number of rotatable bonds is 5. The van der Waals surface area contributed by atoms with Gasteiger partial charge in [-0.2, -0.15) is 0 Å².